The third-order valence-corrected chi connectivity index (χ3v) is 1.70. The van der Waals surface area contributed by atoms with Gasteiger partial charge in [-0.2, -0.15) is 0 Å². The van der Waals surface area contributed by atoms with Crippen molar-refractivity contribution >= 4 is 0 Å². The number of nitrogens with one attached hydrogen (secondary N) is 1. The topological polar surface area (TPSA) is 60.4 Å². The van der Waals surface area contributed by atoms with Crippen LogP contribution < -0.4 is 11.1 Å². The summed E-state index contributed by atoms with van der Waals surface area (Å²) in [5.74, 6) is 0. The van der Waals surface area contributed by atoms with Gasteiger partial charge < -0.3 is 20.2 Å². The summed E-state index contributed by atoms with van der Waals surface area (Å²) < 4.78 is 9.83. The van der Waals surface area contributed by atoms with E-state index in [1.807, 2.05) is 6.07 Å². The zero-order valence-electron chi connectivity index (χ0n) is 7.82. The van der Waals surface area contributed by atoms with Crippen LogP contribution in [0.5, 0.6) is 0 Å². The highest BCUT2D eigenvalue weighted by molar-refractivity contribution is 5.04. The second-order valence-electron chi connectivity index (χ2n) is 2.98. The quantitative estimate of drug-likeness (QED) is 0.669. The van der Waals surface area contributed by atoms with E-state index in [0.29, 0.717) is 6.61 Å². The number of hydrogen-bond donors (Lipinski definition) is 2. The van der Waals surface area contributed by atoms with Crippen LogP contribution in [0.1, 0.15) is 5.56 Å². The maximum atomic E-state index is 5.71. The second-order valence-corrected chi connectivity index (χ2v) is 2.98. The van der Waals surface area contributed by atoms with Crippen molar-refractivity contribution < 1.29 is 9.15 Å². The van der Waals surface area contributed by atoms with E-state index in [4.69, 9.17) is 14.9 Å². The van der Waals surface area contributed by atoms with E-state index in [-0.39, 0.29) is 6.04 Å². The Hall–Kier alpha value is -0.840. The van der Waals surface area contributed by atoms with Gasteiger partial charge >= 0.3 is 0 Å². The lowest BCUT2D eigenvalue weighted by Gasteiger charge is -2.10. The molecular weight excluding hydrogens is 168 g/mol. The minimum absolute atomic E-state index is 0.0527. The first-order chi connectivity index (χ1) is 6.33. The number of nitrogens with two attached hydrogens (primary N) is 1. The normalized spacial score (nSPS) is 13.1. The fraction of sp³-hybridized carbons (Fsp3) is 0.556. The summed E-state index contributed by atoms with van der Waals surface area (Å²) in [5.41, 5.74) is 6.84. The number of ether oxygens (including phenoxy) is 1. The van der Waals surface area contributed by atoms with Gasteiger partial charge in [0.1, 0.15) is 0 Å². The van der Waals surface area contributed by atoms with Gasteiger partial charge in [0, 0.05) is 31.8 Å². The minimum atomic E-state index is 0.0527. The molecule has 0 aliphatic rings. The maximum Gasteiger partial charge on any atom is 0.0947 e. The molecule has 0 saturated carbocycles. The van der Waals surface area contributed by atoms with Gasteiger partial charge in [0.2, 0.25) is 0 Å². The van der Waals surface area contributed by atoms with Crippen molar-refractivity contribution in [3.63, 3.8) is 0 Å². The molecule has 3 N–H and O–H groups in total. The van der Waals surface area contributed by atoms with Crippen LogP contribution in [0.15, 0.2) is 23.0 Å². The summed E-state index contributed by atoms with van der Waals surface area (Å²) in [4.78, 5) is 0. The van der Waals surface area contributed by atoms with Gasteiger partial charge in [-0.1, -0.05) is 0 Å². The molecule has 74 valence electrons. The number of rotatable bonds is 6. The Balaban J connectivity index is 2.07. The van der Waals surface area contributed by atoms with Crippen LogP contribution in [0.2, 0.25) is 0 Å². The number of methoxy groups -OCH3 is 1. The van der Waals surface area contributed by atoms with Crippen molar-refractivity contribution in [1.82, 2.24) is 5.32 Å². The van der Waals surface area contributed by atoms with Gasteiger partial charge in [0.25, 0.3) is 0 Å². The highest BCUT2D eigenvalue weighted by Gasteiger charge is 2.00. The Morgan fingerprint density at radius 1 is 1.69 bits per heavy atom. The first-order valence-corrected chi connectivity index (χ1v) is 4.29. The third-order valence-electron chi connectivity index (χ3n) is 1.70. The molecule has 0 saturated heterocycles. The Morgan fingerprint density at radius 3 is 3.15 bits per heavy atom. The third kappa shape index (κ3) is 4.07. The largest absolute Gasteiger partial charge is 0.472 e. The van der Waals surface area contributed by atoms with Crippen LogP contribution in [0, 0.1) is 0 Å². The summed E-state index contributed by atoms with van der Waals surface area (Å²) in [7, 11) is 1.65. The molecule has 0 spiro atoms. The fourth-order valence-electron chi connectivity index (χ4n) is 1.07. The zero-order chi connectivity index (χ0) is 9.52. The van der Waals surface area contributed by atoms with Gasteiger partial charge in [0.05, 0.1) is 19.1 Å². The summed E-state index contributed by atoms with van der Waals surface area (Å²) in [6, 6.07) is 1.98. The number of hydrogen-bond acceptors (Lipinski definition) is 4. The summed E-state index contributed by atoms with van der Waals surface area (Å²) in [6.07, 6.45) is 3.38. The molecule has 0 radical (unpaired) electrons. The van der Waals surface area contributed by atoms with Gasteiger partial charge in [0.15, 0.2) is 0 Å². The molecule has 0 fully saturated rings. The van der Waals surface area contributed by atoms with Crippen LogP contribution in [0.3, 0.4) is 0 Å². The summed E-state index contributed by atoms with van der Waals surface area (Å²) in [5, 5.41) is 3.21. The SMILES string of the molecule is COCC(N)CNCc1ccoc1. The Morgan fingerprint density at radius 2 is 2.54 bits per heavy atom. The van der Waals surface area contributed by atoms with Crippen molar-refractivity contribution in [1.29, 1.82) is 0 Å². The molecule has 1 aromatic rings. The van der Waals surface area contributed by atoms with Crippen LogP contribution in [0.25, 0.3) is 0 Å². The molecule has 1 rings (SSSR count). The molecule has 1 aromatic heterocycles. The lowest BCUT2D eigenvalue weighted by atomic mass is 10.3. The first-order valence-electron chi connectivity index (χ1n) is 4.29. The summed E-state index contributed by atoms with van der Waals surface area (Å²) in [6.45, 7) is 2.12. The zero-order valence-corrected chi connectivity index (χ0v) is 7.82. The lowest BCUT2D eigenvalue weighted by Crippen LogP contribution is -2.36. The maximum absolute atomic E-state index is 5.71. The average Bonchev–Trinajstić information content (AvgIpc) is 2.57. The van der Waals surface area contributed by atoms with Gasteiger partial charge in [-0.3, -0.25) is 0 Å². The van der Waals surface area contributed by atoms with Gasteiger partial charge in [-0.15, -0.1) is 0 Å². The average molecular weight is 184 g/mol. The molecule has 0 bridgehead atoms. The van der Waals surface area contributed by atoms with Crippen molar-refractivity contribution in [2.45, 2.75) is 12.6 Å². The van der Waals surface area contributed by atoms with Crippen LogP contribution in [-0.2, 0) is 11.3 Å². The van der Waals surface area contributed by atoms with Crippen molar-refractivity contribution in [3.05, 3.63) is 24.2 Å². The molecule has 4 heteroatoms. The molecule has 0 aliphatic heterocycles. The van der Waals surface area contributed by atoms with E-state index in [1.165, 1.54) is 0 Å². The summed E-state index contributed by atoms with van der Waals surface area (Å²) >= 11 is 0. The van der Waals surface area contributed by atoms with Crippen molar-refractivity contribution in [2.24, 2.45) is 5.73 Å². The van der Waals surface area contributed by atoms with E-state index in [0.717, 1.165) is 18.7 Å². The van der Waals surface area contributed by atoms with E-state index in [9.17, 15) is 0 Å². The molecule has 0 aliphatic carbocycles. The number of furan rings is 1. The second kappa shape index (κ2) is 5.75. The van der Waals surface area contributed by atoms with Crippen LogP contribution in [0.4, 0.5) is 0 Å². The van der Waals surface area contributed by atoms with E-state index in [1.54, 1.807) is 19.6 Å². The van der Waals surface area contributed by atoms with Crippen LogP contribution >= 0.6 is 0 Å². The minimum Gasteiger partial charge on any atom is -0.472 e. The molecule has 1 heterocycles. The van der Waals surface area contributed by atoms with E-state index in [2.05, 4.69) is 5.32 Å². The highest BCUT2D eigenvalue weighted by atomic mass is 16.5. The Labute approximate surface area is 78.1 Å². The molecule has 1 unspecified atom stereocenters. The fourth-order valence-corrected chi connectivity index (χ4v) is 1.07. The molecular formula is C9H16N2O2. The first kappa shape index (κ1) is 10.2. The lowest BCUT2D eigenvalue weighted by molar-refractivity contribution is 0.179. The smallest absolute Gasteiger partial charge is 0.0947 e. The van der Waals surface area contributed by atoms with E-state index < -0.39 is 0 Å². The van der Waals surface area contributed by atoms with Gasteiger partial charge in [-0.25, -0.2) is 0 Å². The van der Waals surface area contributed by atoms with Crippen LogP contribution in [-0.4, -0.2) is 26.3 Å². The monoisotopic (exact) mass is 184 g/mol. The van der Waals surface area contributed by atoms with Crippen molar-refractivity contribution in [3.8, 4) is 0 Å². The van der Waals surface area contributed by atoms with E-state index >= 15 is 0 Å². The Bertz CT molecular complexity index is 211. The predicted molar refractivity (Wildman–Crippen MR) is 50.3 cm³/mol. The Kier molecular flexibility index (Phi) is 4.53. The highest BCUT2D eigenvalue weighted by Crippen LogP contribution is 1.97. The van der Waals surface area contributed by atoms with Gasteiger partial charge in [-0.05, 0) is 6.07 Å². The predicted octanol–water partition coefficient (Wildman–Crippen LogP) is 0.343. The molecule has 4 nitrogen and oxygen atoms in total. The van der Waals surface area contributed by atoms with Crippen molar-refractivity contribution in [2.75, 3.05) is 20.3 Å². The molecule has 0 aromatic carbocycles. The molecule has 13 heavy (non-hydrogen) atoms. The standard InChI is InChI=1S/C9H16N2O2/c1-12-7-9(10)5-11-4-8-2-3-13-6-8/h2-3,6,9,11H,4-5,7,10H2,1H3. The molecule has 0 amide bonds. The molecule has 1 atom stereocenters.